The van der Waals surface area contributed by atoms with Crippen LogP contribution in [0.1, 0.15) is 18.7 Å². The Bertz CT molecular complexity index is 400. The number of aliphatic hydroxyl groups is 1. The summed E-state index contributed by atoms with van der Waals surface area (Å²) in [7, 11) is 1.80. The van der Waals surface area contributed by atoms with Crippen LogP contribution in [0.5, 0.6) is 0 Å². The average Bonchev–Trinajstić information content (AvgIpc) is 2.72. The highest BCUT2D eigenvalue weighted by atomic mass is 16.3. The monoisotopic (exact) mass is 239 g/mol. The fraction of sp³-hybridized carbons (Fsp3) is 0.455. The van der Waals surface area contributed by atoms with E-state index in [2.05, 4.69) is 10.6 Å². The molecule has 17 heavy (non-hydrogen) atoms. The predicted molar refractivity (Wildman–Crippen MR) is 62.1 cm³/mol. The first-order valence-corrected chi connectivity index (χ1v) is 5.41. The highest BCUT2D eigenvalue weighted by molar-refractivity contribution is 6.35. The number of hydrogen-bond donors (Lipinski definition) is 3. The highest BCUT2D eigenvalue weighted by Gasteiger charge is 2.15. The third-order valence-electron chi connectivity index (χ3n) is 2.32. The summed E-state index contributed by atoms with van der Waals surface area (Å²) >= 11 is 0. The van der Waals surface area contributed by atoms with Crippen molar-refractivity contribution in [3.05, 3.63) is 24.0 Å². The lowest BCUT2D eigenvalue weighted by Crippen LogP contribution is -2.41. The van der Waals surface area contributed by atoms with Crippen LogP contribution in [0.15, 0.2) is 18.3 Å². The topological polar surface area (TPSA) is 83.4 Å². The van der Waals surface area contributed by atoms with Gasteiger partial charge in [-0.05, 0) is 19.1 Å². The van der Waals surface area contributed by atoms with Crippen molar-refractivity contribution in [2.24, 2.45) is 7.05 Å². The van der Waals surface area contributed by atoms with E-state index in [0.29, 0.717) is 12.2 Å². The second kappa shape index (κ2) is 6.05. The van der Waals surface area contributed by atoms with Crippen LogP contribution in [0.4, 0.5) is 0 Å². The van der Waals surface area contributed by atoms with Gasteiger partial charge in [-0.1, -0.05) is 0 Å². The van der Waals surface area contributed by atoms with E-state index in [9.17, 15) is 14.7 Å². The first kappa shape index (κ1) is 13.2. The standard InChI is InChI=1S/C11H17N3O3/c1-3-12-10(16)11(17)13-7-9(15)8-5-4-6-14(8)2/h4-6,9,15H,3,7H2,1-2H3,(H,12,16)(H,13,17). The van der Waals surface area contributed by atoms with Crippen LogP contribution in [0.2, 0.25) is 0 Å². The number of carbonyl (C=O) groups excluding carboxylic acids is 2. The first-order chi connectivity index (χ1) is 8.06. The second-order valence-corrected chi connectivity index (χ2v) is 3.63. The molecule has 0 bridgehead atoms. The Hall–Kier alpha value is -1.82. The van der Waals surface area contributed by atoms with Crippen molar-refractivity contribution in [3.63, 3.8) is 0 Å². The number of hydrogen-bond acceptors (Lipinski definition) is 3. The van der Waals surface area contributed by atoms with E-state index in [1.165, 1.54) is 0 Å². The number of nitrogens with zero attached hydrogens (tertiary/aromatic N) is 1. The maximum absolute atomic E-state index is 11.3. The summed E-state index contributed by atoms with van der Waals surface area (Å²) in [6.07, 6.45) is 0.970. The third kappa shape index (κ3) is 3.60. The normalized spacial score (nSPS) is 11.9. The molecule has 1 aromatic heterocycles. The van der Waals surface area contributed by atoms with Crippen LogP contribution in [0.3, 0.4) is 0 Å². The Morgan fingerprint density at radius 3 is 2.59 bits per heavy atom. The Balaban J connectivity index is 2.44. The Morgan fingerprint density at radius 2 is 2.06 bits per heavy atom. The van der Waals surface area contributed by atoms with Gasteiger partial charge in [-0.15, -0.1) is 0 Å². The molecule has 6 nitrogen and oxygen atoms in total. The van der Waals surface area contributed by atoms with Crippen molar-refractivity contribution < 1.29 is 14.7 Å². The van der Waals surface area contributed by atoms with Gasteiger partial charge in [-0.2, -0.15) is 0 Å². The number of likely N-dealkylation sites (N-methyl/N-ethyl adjacent to an activating group) is 1. The molecular weight excluding hydrogens is 222 g/mol. The maximum atomic E-state index is 11.3. The zero-order valence-corrected chi connectivity index (χ0v) is 9.93. The molecule has 1 unspecified atom stereocenters. The van der Waals surface area contributed by atoms with E-state index in [-0.39, 0.29) is 6.54 Å². The van der Waals surface area contributed by atoms with Crippen LogP contribution < -0.4 is 10.6 Å². The van der Waals surface area contributed by atoms with Crippen molar-refractivity contribution in [2.75, 3.05) is 13.1 Å². The molecule has 6 heteroatoms. The van der Waals surface area contributed by atoms with Gasteiger partial charge in [-0.25, -0.2) is 0 Å². The second-order valence-electron chi connectivity index (χ2n) is 3.63. The molecule has 1 aromatic rings. The number of carbonyl (C=O) groups is 2. The van der Waals surface area contributed by atoms with Gasteiger partial charge >= 0.3 is 11.8 Å². The summed E-state index contributed by atoms with van der Waals surface area (Å²) < 4.78 is 1.75. The van der Waals surface area contributed by atoms with Crippen molar-refractivity contribution in [1.82, 2.24) is 15.2 Å². The van der Waals surface area contributed by atoms with Crippen LogP contribution in [-0.2, 0) is 16.6 Å². The number of aryl methyl sites for hydroxylation is 1. The molecule has 0 aliphatic heterocycles. The van der Waals surface area contributed by atoms with Gasteiger partial charge in [0.25, 0.3) is 0 Å². The van der Waals surface area contributed by atoms with Gasteiger partial charge < -0.3 is 20.3 Å². The largest absolute Gasteiger partial charge is 0.385 e. The Kier molecular flexibility index (Phi) is 4.71. The fourth-order valence-corrected chi connectivity index (χ4v) is 1.44. The molecule has 2 amide bonds. The fourth-order valence-electron chi connectivity index (χ4n) is 1.44. The molecule has 0 aliphatic carbocycles. The number of amides is 2. The molecule has 1 heterocycles. The molecule has 1 atom stereocenters. The minimum Gasteiger partial charge on any atom is -0.385 e. The summed E-state index contributed by atoms with van der Waals surface area (Å²) in [6.45, 7) is 2.13. The molecule has 0 fully saturated rings. The zero-order valence-electron chi connectivity index (χ0n) is 9.93. The van der Waals surface area contributed by atoms with E-state index in [0.717, 1.165) is 0 Å². The zero-order chi connectivity index (χ0) is 12.8. The highest BCUT2D eigenvalue weighted by Crippen LogP contribution is 2.10. The summed E-state index contributed by atoms with van der Waals surface area (Å²) in [4.78, 5) is 22.3. The van der Waals surface area contributed by atoms with Crippen molar-refractivity contribution in [3.8, 4) is 0 Å². The van der Waals surface area contributed by atoms with Crippen LogP contribution in [0, 0.1) is 0 Å². The quantitative estimate of drug-likeness (QED) is 0.608. The van der Waals surface area contributed by atoms with Gasteiger partial charge in [0.2, 0.25) is 0 Å². The van der Waals surface area contributed by atoms with Crippen molar-refractivity contribution in [2.45, 2.75) is 13.0 Å². The summed E-state index contributed by atoms with van der Waals surface area (Å²) in [5.41, 5.74) is 0.682. The Morgan fingerprint density at radius 1 is 1.41 bits per heavy atom. The lowest BCUT2D eigenvalue weighted by Gasteiger charge is -2.12. The van der Waals surface area contributed by atoms with Crippen LogP contribution in [0.25, 0.3) is 0 Å². The number of nitrogens with one attached hydrogen (secondary N) is 2. The predicted octanol–water partition coefficient (Wildman–Crippen LogP) is -0.689. The van der Waals surface area contributed by atoms with Gasteiger partial charge in [0.05, 0.1) is 0 Å². The van der Waals surface area contributed by atoms with Gasteiger partial charge in [0.1, 0.15) is 6.10 Å². The average molecular weight is 239 g/mol. The maximum Gasteiger partial charge on any atom is 0.309 e. The third-order valence-corrected chi connectivity index (χ3v) is 2.32. The SMILES string of the molecule is CCNC(=O)C(=O)NCC(O)c1cccn1C. The van der Waals surface area contributed by atoms with Crippen LogP contribution >= 0.6 is 0 Å². The van der Waals surface area contributed by atoms with Crippen molar-refractivity contribution >= 4 is 11.8 Å². The van der Waals surface area contributed by atoms with Crippen molar-refractivity contribution in [1.29, 1.82) is 0 Å². The molecule has 3 N–H and O–H groups in total. The lowest BCUT2D eigenvalue weighted by molar-refractivity contribution is -0.139. The number of aliphatic hydroxyl groups excluding tert-OH is 1. The number of rotatable bonds is 4. The van der Waals surface area contributed by atoms with Gasteiger partial charge in [0, 0.05) is 32.0 Å². The van der Waals surface area contributed by atoms with E-state index in [4.69, 9.17) is 0 Å². The molecular formula is C11H17N3O3. The summed E-state index contributed by atoms with van der Waals surface area (Å²) in [6, 6.07) is 3.55. The molecule has 0 aliphatic rings. The molecule has 0 aromatic carbocycles. The lowest BCUT2D eigenvalue weighted by atomic mass is 10.2. The summed E-state index contributed by atoms with van der Waals surface area (Å²) in [5.74, 6) is -1.42. The van der Waals surface area contributed by atoms with E-state index < -0.39 is 17.9 Å². The smallest absolute Gasteiger partial charge is 0.309 e. The molecule has 0 spiro atoms. The van der Waals surface area contributed by atoms with Crippen LogP contribution in [-0.4, -0.2) is 34.6 Å². The van der Waals surface area contributed by atoms with Gasteiger partial charge in [-0.3, -0.25) is 9.59 Å². The summed E-state index contributed by atoms with van der Waals surface area (Å²) in [5, 5.41) is 14.5. The molecule has 94 valence electrons. The Labute approximate surface area is 99.6 Å². The van der Waals surface area contributed by atoms with Gasteiger partial charge in [0.15, 0.2) is 0 Å². The molecule has 0 radical (unpaired) electrons. The van der Waals surface area contributed by atoms with E-state index in [1.807, 2.05) is 0 Å². The molecule has 1 rings (SSSR count). The van der Waals surface area contributed by atoms with E-state index >= 15 is 0 Å². The minimum atomic E-state index is -0.826. The number of aromatic nitrogens is 1. The van der Waals surface area contributed by atoms with E-state index in [1.54, 1.807) is 36.9 Å². The molecule has 0 saturated carbocycles. The minimum absolute atomic E-state index is 0.00776. The molecule has 0 saturated heterocycles. The first-order valence-electron chi connectivity index (χ1n) is 5.41.